The highest BCUT2D eigenvalue weighted by molar-refractivity contribution is 5.86. The fourth-order valence-corrected chi connectivity index (χ4v) is 1.75. The minimum absolute atomic E-state index is 0.243. The summed E-state index contributed by atoms with van der Waals surface area (Å²) in [6.45, 7) is 0. The fraction of sp³-hybridized carbons (Fsp3) is 0.357. The van der Waals surface area contributed by atoms with E-state index in [-0.39, 0.29) is 12.8 Å². The number of benzene rings is 1. The Bertz CT molecular complexity index is 503. The molecule has 0 unspecified atom stereocenters. The van der Waals surface area contributed by atoms with E-state index in [2.05, 4.69) is 5.32 Å². The fourth-order valence-electron chi connectivity index (χ4n) is 1.75. The average molecular weight is 292 g/mol. The van der Waals surface area contributed by atoms with Crippen molar-refractivity contribution in [2.75, 3.05) is 0 Å². The van der Waals surface area contributed by atoms with Gasteiger partial charge in [0.2, 0.25) is 5.91 Å². The first-order chi connectivity index (χ1) is 9.90. The van der Waals surface area contributed by atoms with Crippen LogP contribution >= 0.6 is 0 Å². The SMILES string of the molecule is N[C@@H](Cc1ccccc1)C(=O)N[C@@H](CCC(=O)[O-])C(=O)[O-]. The lowest BCUT2D eigenvalue weighted by Gasteiger charge is -2.22. The smallest absolute Gasteiger partial charge is 0.237 e. The molecule has 7 heteroatoms. The van der Waals surface area contributed by atoms with Crippen molar-refractivity contribution in [1.82, 2.24) is 5.32 Å². The Balaban J connectivity index is 2.56. The van der Waals surface area contributed by atoms with Gasteiger partial charge >= 0.3 is 0 Å². The van der Waals surface area contributed by atoms with Crippen LogP contribution in [-0.2, 0) is 20.8 Å². The molecule has 3 N–H and O–H groups in total. The van der Waals surface area contributed by atoms with Gasteiger partial charge in [-0.25, -0.2) is 0 Å². The monoisotopic (exact) mass is 292 g/mol. The van der Waals surface area contributed by atoms with Crippen LogP contribution in [0.15, 0.2) is 30.3 Å². The molecule has 1 amide bonds. The molecule has 0 aromatic heterocycles. The third-order valence-electron chi connectivity index (χ3n) is 2.87. The average Bonchev–Trinajstić information content (AvgIpc) is 2.43. The minimum atomic E-state index is -1.56. The third-order valence-corrected chi connectivity index (χ3v) is 2.87. The Hall–Kier alpha value is -2.41. The predicted molar refractivity (Wildman–Crippen MR) is 69.3 cm³/mol. The van der Waals surface area contributed by atoms with E-state index in [0.29, 0.717) is 0 Å². The lowest BCUT2D eigenvalue weighted by Crippen LogP contribution is -2.53. The molecule has 0 aliphatic rings. The predicted octanol–water partition coefficient (Wildman–Crippen LogP) is -2.68. The normalized spacial score (nSPS) is 13.2. The van der Waals surface area contributed by atoms with Crippen molar-refractivity contribution in [2.24, 2.45) is 5.73 Å². The van der Waals surface area contributed by atoms with Gasteiger partial charge in [-0.2, -0.15) is 0 Å². The van der Waals surface area contributed by atoms with Crippen LogP contribution < -0.4 is 21.3 Å². The Labute approximate surface area is 121 Å². The summed E-state index contributed by atoms with van der Waals surface area (Å²) >= 11 is 0. The summed E-state index contributed by atoms with van der Waals surface area (Å²) in [6.07, 6.45) is -0.561. The molecular formula is C14H16N2O5-2. The van der Waals surface area contributed by atoms with Crippen LogP contribution in [0.2, 0.25) is 0 Å². The maximum Gasteiger partial charge on any atom is 0.237 e. The second kappa shape index (κ2) is 8.01. The maximum absolute atomic E-state index is 11.8. The van der Waals surface area contributed by atoms with Gasteiger partial charge in [-0.05, 0) is 24.8 Å². The van der Waals surface area contributed by atoms with Crippen molar-refractivity contribution in [3.63, 3.8) is 0 Å². The number of carboxylic acids is 2. The number of carbonyl (C=O) groups excluding carboxylic acids is 3. The summed E-state index contributed by atoms with van der Waals surface area (Å²) in [6, 6.07) is 6.66. The molecule has 0 radical (unpaired) electrons. The molecule has 7 nitrogen and oxygen atoms in total. The maximum atomic E-state index is 11.8. The first kappa shape index (κ1) is 16.6. The van der Waals surface area contributed by atoms with E-state index in [1.807, 2.05) is 6.07 Å². The van der Waals surface area contributed by atoms with E-state index in [1.54, 1.807) is 24.3 Å². The van der Waals surface area contributed by atoms with Crippen LogP contribution in [0, 0.1) is 0 Å². The van der Waals surface area contributed by atoms with Crippen LogP contribution in [-0.4, -0.2) is 29.9 Å². The zero-order valence-electron chi connectivity index (χ0n) is 11.3. The Morgan fingerprint density at radius 1 is 1.14 bits per heavy atom. The second-order valence-corrected chi connectivity index (χ2v) is 4.59. The minimum Gasteiger partial charge on any atom is -0.550 e. The summed E-state index contributed by atoms with van der Waals surface area (Å²) in [4.78, 5) is 33.0. The van der Waals surface area contributed by atoms with Gasteiger partial charge in [-0.15, -0.1) is 0 Å². The Kier molecular flexibility index (Phi) is 6.35. The standard InChI is InChI=1S/C14H18N2O5/c15-10(8-9-4-2-1-3-5-9)13(19)16-11(14(20)21)6-7-12(17)18/h1-5,10-11H,6-8,15H2,(H,16,19)(H,17,18)(H,20,21)/p-2/t10-,11-/m0/s1. The van der Waals surface area contributed by atoms with Gasteiger partial charge in [0.1, 0.15) is 0 Å². The van der Waals surface area contributed by atoms with E-state index >= 15 is 0 Å². The van der Waals surface area contributed by atoms with Crippen LogP contribution in [0.4, 0.5) is 0 Å². The lowest BCUT2D eigenvalue weighted by atomic mass is 10.1. The highest BCUT2D eigenvalue weighted by Crippen LogP contribution is 2.03. The summed E-state index contributed by atoms with van der Waals surface area (Å²) in [5.74, 6) is -3.63. The van der Waals surface area contributed by atoms with Gasteiger partial charge in [0, 0.05) is 5.97 Å². The van der Waals surface area contributed by atoms with Crippen LogP contribution in [0.3, 0.4) is 0 Å². The number of amides is 1. The molecule has 0 heterocycles. The van der Waals surface area contributed by atoms with Gasteiger partial charge in [-0.3, -0.25) is 4.79 Å². The van der Waals surface area contributed by atoms with Crippen molar-refractivity contribution in [2.45, 2.75) is 31.3 Å². The van der Waals surface area contributed by atoms with Crippen molar-refractivity contribution < 1.29 is 24.6 Å². The Morgan fingerprint density at radius 3 is 2.29 bits per heavy atom. The molecule has 0 saturated carbocycles. The number of carbonyl (C=O) groups is 3. The summed E-state index contributed by atoms with van der Waals surface area (Å²) in [5.41, 5.74) is 6.53. The zero-order chi connectivity index (χ0) is 15.8. The van der Waals surface area contributed by atoms with Gasteiger partial charge in [0.15, 0.2) is 0 Å². The van der Waals surface area contributed by atoms with E-state index in [4.69, 9.17) is 5.73 Å². The molecule has 0 saturated heterocycles. The first-order valence-corrected chi connectivity index (χ1v) is 6.40. The number of nitrogens with two attached hydrogens (primary N) is 1. The molecular weight excluding hydrogens is 276 g/mol. The van der Waals surface area contributed by atoms with Gasteiger partial charge < -0.3 is 30.9 Å². The van der Waals surface area contributed by atoms with E-state index in [0.717, 1.165) is 5.56 Å². The highest BCUT2D eigenvalue weighted by atomic mass is 16.4. The summed E-state index contributed by atoms with van der Waals surface area (Å²) in [5, 5.41) is 23.3. The number of rotatable bonds is 8. The van der Waals surface area contributed by atoms with Crippen molar-refractivity contribution in [3.05, 3.63) is 35.9 Å². The topological polar surface area (TPSA) is 135 Å². The van der Waals surface area contributed by atoms with E-state index in [1.165, 1.54) is 0 Å². The van der Waals surface area contributed by atoms with Gasteiger partial charge in [-0.1, -0.05) is 30.3 Å². The lowest BCUT2D eigenvalue weighted by molar-refractivity contribution is -0.310. The molecule has 114 valence electrons. The van der Waals surface area contributed by atoms with Crippen LogP contribution in [0.5, 0.6) is 0 Å². The molecule has 21 heavy (non-hydrogen) atoms. The quantitative estimate of drug-likeness (QED) is 0.536. The Morgan fingerprint density at radius 2 is 1.76 bits per heavy atom. The van der Waals surface area contributed by atoms with Gasteiger partial charge in [0.05, 0.1) is 18.1 Å². The molecule has 1 aromatic rings. The van der Waals surface area contributed by atoms with E-state index in [9.17, 15) is 24.6 Å². The largest absolute Gasteiger partial charge is 0.550 e. The van der Waals surface area contributed by atoms with Crippen molar-refractivity contribution >= 4 is 17.8 Å². The molecule has 0 bridgehead atoms. The van der Waals surface area contributed by atoms with E-state index < -0.39 is 36.4 Å². The first-order valence-electron chi connectivity index (χ1n) is 6.40. The number of carboxylic acid groups (broad SMARTS) is 2. The molecule has 0 fully saturated rings. The molecule has 0 aliphatic heterocycles. The van der Waals surface area contributed by atoms with Gasteiger partial charge in [0.25, 0.3) is 0 Å². The number of nitrogens with one attached hydrogen (secondary N) is 1. The third kappa shape index (κ3) is 6.05. The zero-order valence-corrected chi connectivity index (χ0v) is 11.3. The number of hydrogen-bond acceptors (Lipinski definition) is 6. The van der Waals surface area contributed by atoms with Crippen LogP contribution in [0.1, 0.15) is 18.4 Å². The number of hydrogen-bond donors (Lipinski definition) is 2. The molecule has 0 aliphatic carbocycles. The summed E-state index contributed by atoms with van der Waals surface area (Å²) < 4.78 is 0. The molecule has 1 aromatic carbocycles. The molecule has 0 spiro atoms. The second-order valence-electron chi connectivity index (χ2n) is 4.59. The van der Waals surface area contributed by atoms with Crippen molar-refractivity contribution in [3.8, 4) is 0 Å². The highest BCUT2D eigenvalue weighted by Gasteiger charge is 2.19. The summed E-state index contributed by atoms with van der Waals surface area (Å²) in [7, 11) is 0. The van der Waals surface area contributed by atoms with Crippen LogP contribution in [0.25, 0.3) is 0 Å². The molecule has 1 rings (SSSR count). The molecule has 2 atom stereocenters. The van der Waals surface area contributed by atoms with Crippen molar-refractivity contribution in [1.29, 1.82) is 0 Å². The number of aliphatic carboxylic acids is 2.